The highest BCUT2D eigenvalue weighted by atomic mass is 16.5. The molecule has 10 nitrogen and oxygen atoms in total. The Bertz CT molecular complexity index is 912. The number of nitrogens with two attached hydrogens (primary N) is 1. The predicted octanol–water partition coefficient (Wildman–Crippen LogP) is 2.40. The van der Waals surface area contributed by atoms with Crippen LogP contribution in [-0.4, -0.2) is 54.7 Å². The molecule has 0 aliphatic carbocycles. The van der Waals surface area contributed by atoms with Crippen LogP contribution in [0.15, 0.2) is 12.1 Å². The van der Waals surface area contributed by atoms with Crippen molar-refractivity contribution < 1.29 is 28.5 Å². The molecule has 2 N–H and O–H groups in total. The summed E-state index contributed by atoms with van der Waals surface area (Å²) in [5, 5.41) is 8.57. The maximum Gasteiger partial charge on any atom is 0.361 e. The minimum atomic E-state index is -0.914. The fourth-order valence-corrected chi connectivity index (χ4v) is 3.10. The van der Waals surface area contributed by atoms with E-state index in [9.17, 15) is 9.59 Å². The number of rotatable bonds is 10. The lowest BCUT2D eigenvalue weighted by Gasteiger charge is -2.28. The van der Waals surface area contributed by atoms with Crippen LogP contribution in [0.25, 0.3) is 0 Å². The number of carbonyl (C=O) groups excluding carboxylic acids is 2. The molecule has 0 fully saturated rings. The number of nitrogen functional groups attached to an aromatic ring is 1. The first kappa shape index (κ1) is 23.1. The third kappa shape index (κ3) is 4.09. The zero-order valence-electron chi connectivity index (χ0n) is 18.1. The summed E-state index contributed by atoms with van der Waals surface area (Å²) in [6.45, 7) is 5.57. The zero-order valence-corrected chi connectivity index (χ0v) is 18.1. The highest BCUT2D eigenvalue weighted by molar-refractivity contribution is 6.15. The van der Waals surface area contributed by atoms with Crippen LogP contribution in [0.4, 0.5) is 5.69 Å². The fraction of sp³-hybridized carbons (Fsp3) is 0.500. The Kier molecular flexibility index (Phi) is 7.38. The van der Waals surface area contributed by atoms with Gasteiger partial charge in [-0.25, -0.2) is 4.79 Å². The van der Waals surface area contributed by atoms with Crippen LogP contribution in [0.1, 0.15) is 60.2 Å². The van der Waals surface area contributed by atoms with Gasteiger partial charge >= 0.3 is 5.97 Å². The fourth-order valence-electron chi connectivity index (χ4n) is 3.10. The Morgan fingerprint density at radius 2 is 1.57 bits per heavy atom. The van der Waals surface area contributed by atoms with Gasteiger partial charge in [-0.1, -0.05) is 13.8 Å². The Morgan fingerprint density at radius 1 is 1.00 bits per heavy atom. The molecule has 0 saturated carbocycles. The van der Waals surface area contributed by atoms with Gasteiger partial charge in [0.1, 0.15) is 0 Å². The largest absolute Gasteiger partial charge is 0.493 e. The number of carbonyl (C=O) groups is 2. The van der Waals surface area contributed by atoms with Crippen molar-refractivity contribution in [1.29, 1.82) is 0 Å². The van der Waals surface area contributed by atoms with E-state index >= 15 is 0 Å². The molecular formula is C20H28N4O6. The molecule has 0 unspecified atom stereocenters. The van der Waals surface area contributed by atoms with Crippen LogP contribution < -0.4 is 15.2 Å². The van der Waals surface area contributed by atoms with Crippen LogP contribution >= 0.6 is 0 Å². The van der Waals surface area contributed by atoms with Gasteiger partial charge in [0.25, 0.3) is 0 Å². The molecule has 0 aliphatic heterocycles. The van der Waals surface area contributed by atoms with Gasteiger partial charge in [0, 0.05) is 18.9 Å². The van der Waals surface area contributed by atoms with Crippen molar-refractivity contribution in [3.8, 4) is 11.5 Å². The minimum absolute atomic E-state index is 0.0984. The van der Waals surface area contributed by atoms with E-state index in [2.05, 4.69) is 10.2 Å². The number of hydrogen-bond acceptors (Lipinski definition) is 9. The maximum atomic E-state index is 13.3. The molecule has 30 heavy (non-hydrogen) atoms. The highest BCUT2D eigenvalue weighted by Gasteiger charge is 2.35. The highest BCUT2D eigenvalue weighted by Crippen LogP contribution is 2.33. The molecule has 1 heterocycles. The predicted molar refractivity (Wildman–Crippen MR) is 109 cm³/mol. The number of ketones is 1. The molecular weight excluding hydrogens is 392 g/mol. The third-order valence-electron chi connectivity index (χ3n) is 4.95. The summed E-state index contributed by atoms with van der Waals surface area (Å²) in [5.41, 5.74) is 5.00. The number of anilines is 1. The lowest BCUT2D eigenvalue weighted by atomic mass is 10.0. The molecule has 0 radical (unpaired) electrons. The second-order valence-electron chi connectivity index (χ2n) is 6.39. The lowest BCUT2D eigenvalue weighted by molar-refractivity contribution is -0.104. The van der Waals surface area contributed by atoms with Crippen molar-refractivity contribution in [1.82, 2.24) is 15.0 Å². The summed E-state index contributed by atoms with van der Waals surface area (Å²) >= 11 is 0. The molecule has 0 aliphatic rings. The number of hydrogen-bond donors (Lipinski definition) is 1. The van der Waals surface area contributed by atoms with Crippen LogP contribution in [-0.2, 0) is 15.2 Å². The Morgan fingerprint density at radius 3 is 2.07 bits per heavy atom. The SMILES string of the molecule is CCOC(=O)c1nn(C(CC)(CC)OC)nc1C(=O)c1cc(OC)c(OC)cc1N. The summed E-state index contributed by atoms with van der Waals surface area (Å²) in [5.74, 6) is -0.673. The second-order valence-corrected chi connectivity index (χ2v) is 6.39. The van der Waals surface area contributed by atoms with Gasteiger partial charge in [0.2, 0.25) is 11.5 Å². The first-order valence-corrected chi connectivity index (χ1v) is 9.58. The lowest BCUT2D eigenvalue weighted by Crippen LogP contribution is -2.36. The van der Waals surface area contributed by atoms with Crippen molar-refractivity contribution in [3.63, 3.8) is 0 Å². The van der Waals surface area contributed by atoms with Crippen LogP contribution in [0.5, 0.6) is 11.5 Å². The van der Waals surface area contributed by atoms with Gasteiger partial charge in [-0.2, -0.15) is 4.80 Å². The average Bonchev–Trinajstić information content (AvgIpc) is 3.21. The summed E-state index contributed by atoms with van der Waals surface area (Å²) in [4.78, 5) is 27.1. The van der Waals surface area contributed by atoms with Gasteiger partial charge in [0.05, 0.1) is 26.4 Å². The molecule has 1 aromatic carbocycles. The first-order valence-electron chi connectivity index (χ1n) is 9.58. The molecule has 2 rings (SSSR count). The maximum absolute atomic E-state index is 13.3. The number of esters is 1. The minimum Gasteiger partial charge on any atom is -0.493 e. The summed E-state index contributed by atoms with van der Waals surface area (Å²) in [6, 6.07) is 2.91. The van der Waals surface area contributed by atoms with Crippen molar-refractivity contribution in [2.45, 2.75) is 39.3 Å². The molecule has 0 atom stereocenters. The van der Waals surface area contributed by atoms with Crippen molar-refractivity contribution in [2.75, 3.05) is 33.7 Å². The smallest absolute Gasteiger partial charge is 0.361 e. The topological polar surface area (TPSA) is 128 Å². The van der Waals surface area contributed by atoms with E-state index in [0.29, 0.717) is 24.3 Å². The van der Waals surface area contributed by atoms with Crippen LogP contribution in [0.2, 0.25) is 0 Å². The van der Waals surface area contributed by atoms with Crippen molar-refractivity contribution >= 4 is 17.4 Å². The number of methoxy groups -OCH3 is 3. The number of nitrogens with zero attached hydrogens (tertiary/aromatic N) is 3. The summed E-state index contributed by atoms with van der Waals surface area (Å²) in [6.07, 6.45) is 1.03. The molecule has 0 bridgehead atoms. The van der Waals surface area contributed by atoms with Crippen LogP contribution in [0.3, 0.4) is 0 Å². The van der Waals surface area contributed by atoms with E-state index in [1.165, 1.54) is 38.3 Å². The molecule has 0 saturated heterocycles. The Labute approximate surface area is 175 Å². The number of benzene rings is 1. The van der Waals surface area contributed by atoms with E-state index in [1.54, 1.807) is 6.92 Å². The van der Waals surface area contributed by atoms with E-state index in [4.69, 9.17) is 24.7 Å². The molecule has 0 amide bonds. The summed E-state index contributed by atoms with van der Waals surface area (Å²) < 4.78 is 21.2. The van der Waals surface area contributed by atoms with Crippen molar-refractivity contribution in [3.05, 3.63) is 29.1 Å². The van der Waals surface area contributed by atoms with Gasteiger partial charge in [-0.05, 0) is 25.8 Å². The molecule has 164 valence electrons. The average molecular weight is 420 g/mol. The van der Waals surface area contributed by atoms with Gasteiger partial charge in [-0.15, -0.1) is 10.2 Å². The second kappa shape index (κ2) is 9.57. The quantitative estimate of drug-likeness (QED) is 0.350. The third-order valence-corrected chi connectivity index (χ3v) is 4.95. The molecule has 10 heteroatoms. The van der Waals surface area contributed by atoms with Gasteiger partial charge in [-0.3, -0.25) is 4.79 Å². The number of ether oxygens (including phenoxy) is 4. The standard InChI is InChI=1S/C20H28N4O6/c1-7-20(8-2,29-6)24-22-16(17(23-24)19(26)30-9-3)18(25)12-10-14(27-4)15(28-5)11-13(12)21/h10-11H,7-9,21H2,1-6H3. The molecule has 1 aromatic heterocycles. The molecule has 2 aromatic rings. The first-order chi connectivity index (χ1) is 14.3. The van der Waals surface area contributed by atoms with Crippen LogP contribution in [0, 0.1) is 0 Å². The molecule has 0 spiro atoms. The van der Waals surface area contributed by atoms with Gasteiger partial charge < -0.3 is 24.7 Å². The van der Waals surface area contributed by atoms with E-state index in [0.717, 1.165) is 0 Å². The zero-order chi connectivity index (χ0) is 22.5. The normalized spacial score (nSPS) is 11.3. The van der Waals surface area contributed by atoms with Crippen molar-refractivity contribution in [2.24, 2.45) is 0 Å². The van der Waals surface area contributed by atoms with E-state index in [-0.39, 0.29) is 29.2 Å². The van der Waals surface area contributed by atoms with E-state index < -0.39 is 17.5 Å². The number of aromatic nitrogens is 3. The summed E-state index contributed by atoms with van der Waals surface area (Å²) in [7, 11) is 4.43. The Balaban J connectivity index is 2.67. The monoisotopic (exact) mass is 420 g/mol. The van der Waals surface area contributed by atoms with Gasteiger partial charge in [0.15, 0.2) is 22.9 Å². The van der Waals surface area contributed by atoms with E-state index in [1.807, 2.05) is 13.8 Å². The Hall–Kier alpha value is -3.14.